The maximum Gasteiger partial charge on any atom is 0.231 e. The third kappa shape index (κ3) is 2.59. The zero-order valence-electron chi connectivity index (χ0n) is 13.3. The van der Waals surface area contributed by atoms with Gasteiger partial charge in [0.1, 0.15) is 0 Å². The van der Waals surface area contributed by atoms with E-state index < -0.39 is 0 Å². The second kappa shape index (κ2) is 5.57. The van der Waals surface area contributed by atoms with Gasteiger partial charge in [-0.05, 0) is 35.6 Å². The molecule has 0 saturated heterocycles. The van der Waals surface area contributed by atoms with Gasteiger partial charge in [-0.3, -0.25) is 4.79 Å². The Labute approximate surface area is 122 Å². The summed E-state index contributed by atoms with van der Waals surface area (Å²) in [5.74, 6) is 0.187. The summed E-state index contributed by atoms with van der Waals surface area (Å²) in [6.07, 6.45) is 1.64. The fourth-order valence-corrected chi connectivity index (χ4v) is 2.92. The summed E-state index contributed by atoms with van der Waals surface area (Å²) in [5.41, 5.74) is 3.70. The molecule has 0 aliphatic carbocycles. The summed E-state index contributed by atoms with van der Waals surface area (Å²) in [6, 6.07) is 6.79. The zero-order chi connectivity index (χ0) is 14.9. The lowest BCUT2D eigenvalue weighted by atomic mass is 9.78. The number of likely N-dealkylation sites (N-methyl/N-ethyl adjacent to an activating group) is 1. The maximum absolute atomic E-state index is 11.8. The number of nitrogens with one attached hydrogen (secondary N) is 1. The van der Waals surface area contributed by atoms with Gasteiger partial charge in [-0.1, -0.05) is 39.8 Å². The van der Waals surface area contributed by atoms with Crippen LogP contribution in [-0.4, -0.2) is 19.5 Å². The predicted octanol–water partition coefficient (Wildman–Crippen LogP) is 3.29. The first-order valence-electron chi connectivity index (χ1n) is 7.53. The van der Waals surface area contributed by atoms with Crippen LogP contribution in [-0.2, 0) is 11.2 Å². The van der Waals surface area contributed by atoms with Gasteiger partial charge in [0.15, 0.2) is 0 Å². The average Bonchev–Trinajstić information content (AvgIpc) is 2.70. The van der Waals surface area contributed by atoms with Crippen molar-refractivity contribution in [1.82, 2.24) is 5.32 Å². The molecule has 0 bridgehead atoms. The molecule has 1 amide bonds. The Bertz CT molecular complexity index is 508. The van der Waals surface area contributed by atoms with Crippen LogP contribution in [0.5, 0.6) is 0 Å². The monoisotopic (exact) mass is 274 g/mol. The largest absolute Gasteiger partial charge is 0.315 e. The molecule has 2 rings (SSSR count). The van der Waals surface area contributed by atoms with E-state index in [4.69, 9.17) is 0 Å². The Morgan fingerprint density at radius 1 is 1.35 bits per heavy atom. The van der Waals surface area contributed by atoms with E-state index in [1.807, 2.05) is 7.05 Å². The van der Waals surface area contributed by atoms with E-state index in [0.29, 0.717) is 12.5 Å². The zero-order valence-corrected chi connectivity index (χ0v) is 13.3. The summed E-state index contributed by atoms with van der Waals surface area (Å²) in [5, 5.41) is 3.61. The Morgan fingerprint density at radius 3 is 2.65 bits per heavy atom. The molecule has 1 unspecified atom stereocenters. The van der Waals surface area contributed by atoms with Gasteiger partial charge in [0.2, 0.25) is 5.91 Å². The number of benzene rings is 1. The summed E-state index contributed by atoms with van der Waals surface area (Å²) in [7, 11) is 1.85. The quantitative estimate of drug-likeness (QED) is 0.893. The molecule has 0 saturated carbocycles. The molecule has 1 atom stereocenters. The molecule has 1 aliphatic heterocycles. The second-order valence-corrected chi connectivity index (χ2v) is 6.35. The molecule has 3 nitrogen and oxygen atoms in total. The molecule has 1 aliphatic rings. The lowest BCUT2D eigenvalue weighted by molar-refractivity contribution is -0.117. The fraction of sp³-hybridized carbons (Fsp3) is 0.588. The standard InChI is InChI=1S/C17H26N2O/c1-6-17(3,4)16(18-7-2)12-8-9-14-13(10-12)11-15(20)19(14)5/h8-10,16,18H,6-7,11H2,1-5H3. The molecule has 20 heavy (non-hydrogen) atoms. The van der Waals surface area contributed by atoms with Crippen molar-refractivity contribution in [3.05, 3.63) is 29.3 Å². The highest BCUT2D eigenvalue weighted by Gasteiger charge is 2.30. The SMILES string of the molecule is CCNC(c1ccc2c(c1)CC(=O)N2C)C(C)(C)CC. The Morgan fingerprint density at radius 2 is 2.05 bits per heavy atom. The van der Waals surface area contributed by atoms with Gasteiger partial charge in [0.25, 0.3) is 0 Å². The number of anilines is 1. The van der Waals surface area contributed by atoms with Crippen LogP contribution in [0.4, 0.5) is 5.69 Å². The van der Waals surface area contributed by atoms with Crippen LogP contribution in [0.25, 0.3) is 0 Å². The normalized spacial score (nSPS) is 16.4. The van der Waals surface area contributed by atoms with Crippen molar-refractivity contribution in [2.75, 3.05) is 18.5 Å². The van der Waals surface area contributed by atoms with Gasteiger partial charge < -0.3 is 10.2 Å². The van der Waals surface area contributed by atoms with Crippen molar-refractivity contribution in [2.24, 2.45) is 5.41 Å². The van der Waals surface area contributed by atoms with Crippen molar-refractivity contribution in [1.29, 1.82) is 0 Å². The fourth-order valence-electron chi connectivity index (χ4n) is 2.92. The van der Waals surface area contributed by atoms with E-state index >= 15 is 0 Å². The Kier molecular flexibility index (Phi) is 4.19. The molecular weight excluding hydrogens is 248 g/mol. The highest BCUT2D eigenvalue weighted by molar-refractivity contribution is 6.00. The third-order valence-electron chi connectivity index (χ3n) is 4.61. The van der Waals surface area contributed by atoms with Crippen molar-refractivity contribution >= 4 is 11.6 Å². The number of nitrogens with zero attached hydrogens (tertiary/aromatic N) is 1. The second-order valence-electron chi connectivity index (χ2n) is 6.35. The highest BCUT2D eigenvalue weighted by atomic mass is 16.2. The summed E-state index contributed by atoms with van der Waals surface area (Å²) in [4.78, 5) is 13.6. The van der Waals surface area contributed by atoms with Crippen molar-refractivity contribution in [3.8, 4) is 0 Å². The van der Waals surface area contributed by atoms with Gasteiger partial charge >= 0.3 is 0 Å². The van der Waals surface area contributed by atoms with Crippen LogP contribution in [0.2, 0.25) is 0 Å². The van der Waals surface area contributed by atoms with E-state index in [1.54, 1.807) is 4.90 Å². The lowest BCUT2D eigenvalue weighted by Crippen LogP contribution is -2.33. The van der Waals surface area contributed by atoms with Crippen molar-refractivity contribution in [2.45, 2.75) is 46.6 Å². The van der Waals surface area contributed by atoms with E-state index in [1.165, 1.54) is 5.56 Å². The van der Waals surface area contributed by atoms with Crippen LogP contribution in [0.3, 0.4) is 0 Å². The molecule has 0 spiro atoms. The van der Waals surface area contributed by atoms with Crippen LogP contribution in [0.15, 0.2) is 18.2 Å². The van der Waals surface area contributed by atoms with Crippen molar-refractivity contribution in [3.63, 3.8) is 0 Å². The summed E-state index contributed by atoms with van der Waals surface area (Å²) < 4.78 is 0. The topological polar surface area (TPSA) is 32.3 Å². The Hall–Kier alpha value is -1.35. The first-order chi connectivity index (χ1) is 9.40. The molecule has 1 aromatic carbocycles. The molecule has 0 aromatic heterocycles. The number of hydrogen-bond acceptors (Lipinski definition) is 2. The van der Waals surface area contributed by atoms with Gasteiger partial charge in [-0.25, -0.2) is 0 Å². The predicted molar refractivity (Wildman–Crippen MR) is 84.0 cm³/mol. The summed E-state index contributed by atoms with van der Waals surface area (Å²) in [6.45, 7) is 9.91. The van der Waals surface area contributed by atoms with Gasteiger partial charge in [-0.2, -0.15) is 0 Å². The molecule has 110 valence electrons. The minimum atomic E-state index is 0.187. The van der Waals surface area contributed by atoms with Crippen molar-refractivity contribution < 1.29 is 4.79 Å². The number of rotatable bonds is 5. The summed E-state index contributed by atoms with van der Waals surface area (Å²) >= 11 is 0. The minimum absolute atomic E-state index is 0.187. The van der Waals surface area contributed by atoms with Gasteiger partial charge in [0, 0.05) is 18.8 Å². The van der Waals surface area contributed by atoms with E-state index in [2.05, 4.69) is 51.2 Å². The molecule has 0 radical (unpaired) electrons. The molecule has 1 aromatic rings. The Balaban J connectivity index is 2.37. The van der Waals surface area contributed by atoms with Gasteiger partial charge in [0.05, 0.1) is 6.42 Å². The first kappa shape index (κ1) is 15.0. The van der Waals surface area contributed by atoms with Crippen LogP contribution >= 0.6 is 0 Å². The van der Waals surface area contributed by atoms with Crippen LogP contribution < -0.4 is 10.2 Å². The van der Waals surface area contributed by atoms with E-state index in [-0.39, 0.29) is 11.3 Å². The lowest BCUT2D eigenvalue weighted by Gasteiger charge is -2.35. The number of amides is 1. The highest BCUT2D eigenvalue weighted by Crippen LogP contribution is 2.38. The number of hydrogen-bond donors (Lipinski definition) is 1. The van der Waals surface area contributed by atoms with Crippen LogP contribution in [0, 0.1) is 5.41 Å². The average molecular weight is 274 g/mol. The molecule has 0 fully saturated rings. The van der Waals surface area contributed by atoms with E-state index in [9.17, 15) is 4.79 Å². The first-order valence-corrected chi connectivity index (χ1v) is 7.53. The molecule has 3 heteroatoms. The molecule has 1 heterocycles. The third-order valence-corrected chi connectivity index (χ3v) is 4.61. The maximum atomic E-state index is 11.8. The number of carbonyl (C=O) groups excluding carboxylic acids is 1. The van der Waals surface area contributed by atoms with Crippen LogP contribution in [0.1, 0.15) is 51.3 Å². The molecule has 1 N–H and O–H groups in total. The minimum Gasteiger partial charge on any atom is -0.315 e. The molecular formula is C17H26N2O. The number of fused-ring (bicyclic) bond motifs is 1. The van der Waals surface area contributed by atoms with Gasteiger partial charge in [-0.15, -0.1) is 0 Å². The van der Waals surface area contributed by atoms with E-state index in [0.717, 1.165) is 24.2 Å². The smallest absolute Gasteiger partial charge is 0.231 e. The number of carbonyl (C=O) groups is 1.